The van der Waals surface area contributed by atoms with Gasteiger partial charge in [-0.3, -0.25) is 43.3 Å². The molecule has 76 heavy (non-hydrogen) atoms. The van der Waals surface area contributed by atoms with E-state index in [1.165, 1.54) is 12.1 Å². The van der Waals surface area contributed by atoms with Crippen molar-refractivity contribution in [2.24, 2.45) is 0 Å². The number of anilines is 1. The second-order valence-corrected chi connectivity index (χ2v) is 17.0. The molecule has 31 nitrogen and oxygen atoms in total. The monoisotopic (exact) mass is 1070 g/mol. The number of rotatable bonds is 34. The molecular formula is C45H56N10O21. The molecule has 0 bridgehead atoms. The van der Waals surface area contributed by atoms with Gasteiger partial charge in [0, 0.05) is 50.3 Å². The second kappa shape index (κ2) is 29.3. The molecule has 2 aromatic heterocycles. The van der Waals surface area contributed by atoms with Crippen molar-refractivity contribution in [1.29, 1.82) is 0 Å². The van der Waals surface area contributed by atoms with Gasteiger partial charge in [0.15, 0.2) is 0 Å². The van der Waals surface area contributed by atoms with Crippen LogP contribution >= 0.6 is 0 Å². The lowest BCUT2D eigenvalue weighted by molar-refractivity contribution is -0.144. The van der Waals surface area contributed by atoms with Crippen LogP contribution in [0.1, 0.15) is 98.5 Å². The normalized spacial score (nSPS) is 13.3. The van der Waals surface area contributed by atoms with Crippen molar-refractivity contribution in [3.63, 3.8) is 0 Å². The van der Waals surface area contributed by atoms with Crippen LogP contribution in [0.25, 0.3) is 11.0 Å². The van der Waals surface area contributed by atoms with E-state index in [0.29, 0.717) is 29.4 Å². The van der Waals surface area contributed by atoms with E-state index in [9.17, 15) is 97.8 Å². The summed E-state index contributed by atoms with van der Waals surface area (Å²) in [6.07, 6.45) is -4.75. The zero-order chi connectivity index (χ0) is 56.8. The Labute approximate surface area is 427 Å². The van der Waals surface area contributed by atoms with Gasteiger partial charge in [-0.1, -0.05) is 12.1 Å². The van der Waals surface area contributed by atoms with E-state index < -0.39 is 196 Å². The summed E-state index contributed by atoms with van der Waals surface area (Å²) in [5.41, 5.74) is 7.03. The Kier molecular flexibility index (Phi) is 23.5. The van der Waals surface area contributed by atoms with Crippen molar-refractivity contribution < 1.29 is 98.1 Å². The molecule has 412 valence electrons. The van der Waals surface area contributed by atoms with Gasteiger partial charge in [0.05, 0.1) is 5.39 Å². The number of hydrogen-bond acceptors (Lipinski definition) is 16. The van der Waals surface area contributed by atoms with Crippen LogP contribution in [-0.2, 0) is 70.4 Å². The molecule has 0 aliphatic rings. The lowest BCUT2D eigenvalue weighted by Crippen LogP contribution is -2.46. The number of nitrogen functional groups attached to an aromatic ring is 1. The molecule has 2 heterocycles. The van der Waals surface area contributed by atoms with Gasteiger partial charge < -0.3 is 78.4 Å². The van der Waals surface area contributed by atoms with Crippen molar-refractivity contribution in [1.82, 2.24) is 46.9 Å². The highest BCUT2D eigenvalue weighted by Gasteiger charge is 2.29. The molecule has 0 saturated carbocycles. The molecule has 1 aromatic carbocycles. The fourth-order valence-electron chi connectivity index (χ4n) is 7.18. The number of fused-ring (bicyclic) bond motifs is 1. The molecule has 0 aliphatic carbocycles. The van der Waals surface area contributed by atoms with E-state index in [0.717, 1.165) is 5.56 Å². The molecule has 31 heteroatoms. The first-order valence-electron chi connectivity index (χ1n) is 23.0. The summed E-state index contributed by atoms with van der Waals surface area (Å²) in [4.78, 5) is 179. The van der Waals surface area contributed by atoms with Gasteiger partial charge in [-0.05, 0) is 74.6 Å². The number of hydrogen-bond donors (Lipinski definition) is 16. The third-order valence-electron chi connectivity index (χ3n) is 11.3. The first-order chi connectivity index (χ1) is 35.7. The largest absolute Gasteiger partial charge is 0.481 e. The van der Waals surface area contributed by atoms with Crippen molar-refractivity contribution >= 4 is 94.2 Å². The van der Waals surface area contributed by atoms with Gasteiger partial charge in [0.1, 0.15) is 41.9 Å². The van der Waals surface area contributed by atoms with Crippen molar-refractivity contribution in [2.75, 3.05) is 5.73 Å². The first-order valence-corrected chi connectivity index (χ1v) is 23.0. The number of nitrogens with one attached hydrogen (secondary N) is 8. The van der Waals surface area contributed by atoms with Gasteiger partial charge in [-0.25, -0.2) is 28.8 Å². The molecule has 0 fully saturated rings. The number of carboxylic acid groups (broad SMARTS) is 7. The number of amides is 6. The predicted octanol–water partition coefficient (Wildman–Crippen LogP) is -2.59. The average molecular weight is 1070 g/mol. The lowest BCUT2D eigenvalue weighted by atomic mass is 10.0. The zero-order valence-corrected chi connectivity index (χ0v) is 40.1. The average Bonchev–Trinajstić information content (AvgIpc) is 3.75. The fourth-order valence-corrected chi connectivity index (χ4v) is 7.18. The highest BCUT2D eigenvalue weighted by Crippen LogP contribution is 2.17. The van der Waals surface area contributed by atoms with Crippen LogP contribution in [0.3, 0.4) is 0 Å². The minimum absolute atomic E-state index is 0.0438. The number of benzene rings is 1. The minimum atomic E-state index is -1.77. The summed E-state index contributed by atoms with van der Waals surface area (Å²) < 4.78 is 0. The number of aliphatic carboxylic acids is 7. The van der Waals surface area contributed by atoms with Gasteiger partial charge in [0.25, 0.3) is 11.5 Å². The fraction of sp³-hybridized carbons (Fsp3) is 0.444. The number of aryl methyl sites for hydroxylation is 2. The molecule has 0 unspecified atom stereocenters. The Morgan fingerprint density at radius 1 is 0.474 bits per heavy atom. The maximum absolute atomic E-state index is 12.9. The van der Waals surface area contributed by atoms with Gasteiger partial charge in [-0.2, -0.15) is 4.98 Å². The molecule has 3 rings (SSSR count). The van der Waals surface area contributed by atoms with E-state index in [4.69, 9.17) is 10.8 Å². The Hall–Kier alpha value is -9.45. The summed E-state index contributed by atoms with van der Waals surface area (Å²) >= 11 is 0. The third-order valence-corrected chi connectivity index (χ3v) is 11.3. The topological polar surface area (TPSA) is 523 Å². The Balaban J connectivity index is 1.43. The number of aromatic amines is 2. The minimum Gasteiger partial charge on any atom is -0.481 e. The van der Waals surface area contributed by atoms with Crippen LogP contribution in [0.15, 0.2) is 35.3 Å². The van der Waals surface area contributed by atoms with E-state index >= 15 is 0 Å². The summed E-state index contributed by atoms with van der Waals surface area (Å²) in [5.74, 6) is -16.8. The van der Waals surface area contributed by atoms with Gasteiger partial charge in [-0.15, -0.1) is 0 Å². The lowest BCUT2D eigenvalue weighted by Gasteiger charge is -2.19. The van der Waals surface area contributed by atoms with E-state index in [1.54, 1.807) is 18.3 Å². The van der Waals surface area contributed by atoms with Crippen LogP contribution in [0.2, 0.25) is 0 Å². The third kappa shape index (κ3) is 20.6. The van der Waals surface area contributed by atoms with Crippen molar-refractivity contribution in [3.8, 4) is 0 Å². The molecular weight excluding hydrogens is 1020 g/mol. The Morgan fingerprint density at radius 2 is 0.803 bits per heavy atom. The standard InChI is InChI=1S/C45H56N10O21/c46-45-54-36-35(38(64)55-45)22(19-47-36)6-3-20-1-4-21(5-2-20)37(63)53-28(44(75)76)11-17-33(60)51-26(42(71)72)9-15-31(58)49-24(40(67)68)7-13-29(56)48-23(39(65)66)8-14-30(57)50-25(41(69)70)10-16-32(59)52-27(43(73)74)12-18-34(61)62/h1-2,4-5,19,23-28H,3,6-18H2,(H,48,56)(H,49,58)(H,50,57)(H,51,60)(H,52,59)(H,53,63)(H,61,62)(H,65,66)(H,67,68)(H,69,70)(H,71,72)(H,73,74)(H,75,76)(H4,46,47,54,55,64)/t23-,24-,25-,26-,27-,28-/m0/s1. The van der Waals surface area contributed by atoms with Crippen molar-refractivity contribution in [3.05, 3.63) is 57.5 Å². The highest BCUT2D eigenvalue weighted by atomic mass is 16.4. The van der Waals surface area contributed by atoms with Crippen LogP contribution < -0.4 is 43.2 Å². The van der Waals surface area contributed by atoms with Crippen molar-refractivity contribution in [2.45, 2.75) is 126 Å². The van der Waals surface area contributed by atoms with E-state index in [1.807, 2.05) is 5.32 Å². The number of nitrogens with two attached hydrogens (primary N) is 1. The van der Waals surface area contributed by atoms with Crippen LogP contribution in [0, 0.1) is 0 Å². The van der Waals surface area contributed by atoms with Crippen LogP contribution in [-0.4, -0.2) is 164 Å². The van der Waals surface area contributed by atoms with E-state index in [-0.39, 0.29) is 11.5 Å². The Bertz CT molecular complexity index is 2740. The number of aromatic nitrogens is 3. The smallest absolute Gasteiger partial charge is 0.326 e. The second-order valence-electron chi connectivity index (χ2n) is 17.0. The maximum atomic E-state index is 12.9. The predicted molar refractivity (Wildman–Crippen MR) is 255 cm³/mol. The molecule has 0 radical (unpaired) electrons. The summed E-state index contributed by atoms with van der Waals surface area (Å²) in [6, 6.07) is -4.05. The van der Waals surface area contributed by atoms with E-state index in [2.05, 4.69) is 41.5 Å². The molecule has 0 saturated heterocycles. The first kappa shape index (κ1) is 60.9. The molecule has 6 atom stereocenters. The molecule has 17 N–H and O–H groups in total. The molecule has 0 spiro atoms. The molecule has 6 amide bonds. The summed E-state index contributed by atoms with van der Waals surface area (Å²) in [7, 11) is 0. The number of carbonyl (C=O) groups is 13. The quantitative estimate of drug-likeness (QED) is 0.0292. The van der Waals surface area contributed by atoms with Gasteiger partial charge in [0.2, 0.25) is 35.5 Å². The number of nitrogens with zero attached hydrogens (tertiary/aromatic N) is 1. The van der Waals surface area contributed by atoms with Crippen LogP contribution in [0.4, 0.5) is 5.95 Å². The maximum Gasteiger partial charge on any atom is 0.326 e. The summed E-state index contributed by atoms with van der Waals surface area (Å²) in [5, 5.41) is 79.1. The molecule has 0 aliphatic heterocycles. The SMILES string of the molecule is Nc1nc2[nH]cc(CCc3ccc(C(=O)N[C@@H](CCC(=O)N[C@@H](CCC(=O)N[C@@H](CCC(=O)N[C@@H](CCC(=O)N[C@@H](CCC(=O)N[C@@H](CCC(=O)O)C(=O)O)C(=O)O)C(=O)O)C(=O)O)C(=O)O)C(=O)O)cc3)c2c(=O)[nH]1. The Morgan fingerprint density at radius 3 is 1.13 bits per heavy atom. The van der Waals surface area contributed by atoms with Crippen LogP contribution in [0.5, 0.6) is 0 Å². The number of carbonyl (C=O) groups excluding carboxylic acids is 6. The number of H-pyrrole nitrogens is 2. The number of carboxylic acids is 7. The summed E-state index contributed by atoms with van der Waals surface area (Å²) in [6.45, 7) is 0. The highest BCUT2D eigenvalue weighted by molar-refractivity contribution is 5.97. The zero-order valence-electron chi connectivity index (χ0n) is 40.1. The molecule has 3 aromatic rings. The van der Waals surface area contributed by atoms with Gasteiger partial charge >= 0.3 is 41.8 Å².